The lowest BCUT2D eigenvalue weighted by Crippen LogP contribution is -2.49. The van der Waals surface area contributed by atoms with Crippen molar-refractivity contribution in [2.75, 3.05) is 18.8 Å². The van der Waals surface area contributed by atoms with Crippen LogP contribution in [0.3, 0.4) is 0 Å². The average molecular weight is 445 g/mol. The number of anilines is 1. The lowest BCUT2D eigenvalue weighted by molar-refractivity contribution is 0.525. The van der Waals surface area contributed by atoms with Crippen LogP contribution in [0.2, 0.25) is 0 Å². The van der Waals surface area contributed by atoms with E-state index in [2.05, 4.69) is 25.9 Å². The number of aromatic amines is 1. The molecule has 1 saturated heterocycles. The third-order valence-electron chi connectivity index (χ3n) is 4.76. The zero-order valence-corrected chi connectivity index (χ0v) is 17.0. The molecule has 1 fully saturated rings. The summed E-state index contributed by atoms with van der Waals surface area (Å²) >= 11 is 0. The van der Waals surface area contributed by atoms with Gasteiger partial charge in [-0.3, -0.25) is 4.21 Å². The van der Waals surface area contributed by atoms with Crippen molar-refractivity contribution in [3.05, 3.63) is 35.9 Å². The summed E-state index contributed by atoms with van der Waals surface area (Å²) in [6.45, 7) is 0.986. The molecular weight excluding hydrogens is 428 g/mol. The molecule has 4 rings (SSSR count). The maximum Gasteiger partial charge on any atom is 0.240 e. The van der Waals surface area contributed by atoms with Crippen LogP contribution in [0.4, 0.5) is 5.69 Å². The van der Waals surface area contributed by atoms with E-state index < -0.39 is 20.8 Å². The molecule has 1 aliphatic heterocycles. The van der Waals surface area contributed by atoms with Gasteiger partial charge in [-0.05, 0) is 22.9 Å². The topological polar surface area (TPSA) is 194 Å². The monoisotopic (exact) mass is 444 g/mol. The minimum atomic E-state index is -4.35. The summed E-state index contributed by atoms with van der Waals surface area (Å²) in [6.07, 6.45) is 0. The second-order valence-corrected chi connectivity index (χ2v) is 9.75. The molecule has 0 amide bonds. The fourth-order valence-electron chi connectivity index (χ4n) is 3.21. The lowest BCUT2D eigenvalue weighted by atomic mass is 9.96. The zero-order valence-electron chi connectivity index (χ0n) is 15.4. The maximum atomic E-state index is 13.1. The number of aromatic nitrogens is 4. The highest BCUT2D eigenvalue weighted by molar-refractivity contribution is 7.91. The Morgan fingerprint density at radius 3 is 2.53 bits per heavy atom. The summed E-state index contributed by atoms with van der Waals surface area (Å²) in [5, 5.41) is 31.2. The van der Waals surface area contributed by atoms with Crippen LogP contribution in [0.1, 0.15) is 5.56 Å². The van der Waals surface area contributed by atoms with Gasteiger partial charge in [-0.15, -0.1) is 10.2 Å². The Bertz CT molecular complexity index is 1300. The van der Waals surface area contributed by atoms with Crippen molar-refractivity contribution in [3.8, 4) is 28.6 Å². The predicted molar refractivity (Wildman–Crippen MR) is 109 cm³/mol. The summed E-state index contributed by atoms with van der Waals surface area (Å²) in [6, 6.07) is 9.81. The third-order valence-corrected chi connectivity index (χ3v) is 7.59. The van der Waals surface area contributed by atoms with Crippen molar-refractivity contribution in [2.24, 2.45) is 5.14 Å². The van der Waals surface area contributed by atoms with Crippen LogP contribution >= 0.6 is 0 Å². The van der Waals surface area contributed by atoms with Gasteiger partial charge in [0.25, 0.3) is 0 Å². The van der Waals surface area contributed by atoms with Crippen LogP contribution in [0.5, 0.6) is 0 Å². The number of nitrogen functional groups attached to an aromatic ring is 1. The van der Waals surface area contributed by atoms with Crippen molar-refractivity contribution in [1.82, 2.24) is 25.9 Å². The second-order valence-electron chi connectivity index (χ2n) is 6.55. The quantitative estimate of drug-likeness (QED) is 0.383. The van der Waals surface area contributed by atoms with Gasteiger partial charge in [0.2, 0.25) is 15.8 Å². The van der Waals surface area contributed by atoms with Crippen molar-refractivity contribution in [2.45, 2.75) is 15.0 Å². The highest BCUT2D eigenvalue weighted by Gasteiger charge is 2.33. The maximum absolute atomic E-state index is 13.1. The van der Waals surface area contributed by atoms with Crippen molar-refractivity contribution in [1.29, 1.82) is 5.26 Å². The van der Waals surface area contributed by atoms with Crippen LogP contribution in [-0.4, -0.2) is 51.6 Å². The molecular formula is C17H16N8O3S2. The molecule has 2 aromatic carbocycles. The Morgan fingerprint density at radius 2 is 1.97 bits per heavy atom. The van der Waals surface area contributed by atoms with Crippen LogP contribution in [0.15, 0.2) is 40.1 Å². The van der Waals surface area contributed by atoms with Crippen LogP contribution < -0.4 is 16.2 Å². The van der Waals surface area contributed by atoms with E-state index in [-0.39, 0.29) is 37.7 Å². The van der Waals surface area contributed by atoms with Crippen molar-refractivity contribution in [3.63, 3.8) is 0 Å². The van der Waals surface area contributed by atoms with Crippen LogP contribution in [0.25, 0.3) is 22.5 Å². The minimum Gasteiger partial charge on any atom is -0.397 e. The van der Waals surface area contributed by atoms with E-state index >= 15 is 0 Å². The number of nitrogens with one attached hydrogen (secondary N) is 2. The number of primary sulfonamides is 1. The highest BCUT2D eigenvalue weighted by atomic mass is 32.2. The molecule has 1 aromatic heterocycles. The number of nitriles is 1. The summed E-state index contributed by atoms with van der Waals surface area (Å²) in [4.78, 5) is -0.295. The van der Waals surface area contributed by atoms with Gasteiger partial charge in [0, 0.05) is 18.7 Å². The Morgan fingerprint density at radius 1 is 1.20 bits per heavy atom. The van der Waals surface area contributed by atoms with Crippen LogP contribution in [0, 0.1) is 11.3 Å². The van der Waals surface area contributed by atoms with Crippen molar-refractivity contribution < 1.29 is 12.6 Å². The number of benzene rings is 2. The van der Waals surface area contributed by atoms with Gasteiger partial charge in [-0.2, -0.15) is 10.5 Å². The number of tetrazole rings is 1. The van der Waals surface area contributed by atoms with E-state index in [4.69, 9.17) is 10.9 Å². The fourth-order valence-corrected chi connectivity index (χ4v) is 6.02. The Kier molecular flexibility index (Phi) is 5.08. The van der Waals surface area contributed by atoms with Crippen LogP contribution in [-0.2, 0) is 20.8 Å². The smallest absolute Gasteiger partial charge is 0.240 e. The van der Waals surface area contributed by atoms with E-state index in [9.17, 15) is 17.9 Å². The van der Waals surface area contributed by atoms with E-state index in [0.717, 1.165) is 0 Å². The van der Waals surface area contributed by atoms with Gasteiger partial charge in [-0.25, -0.2) is 13.6 Å². The molecule has 13 heteroatoms. The van der Waals surface area contributed by atoms with Gasteiger partial charge in [0.05, 0.1) is 37.8 Å². The molecule has 154 valence electrons. The van der Waals surface area contributed by atoms with E-state index in [1.54, 1.807) is 24.3 Å². The average Bonchev–Trinajstić information content (AvgIpc) is 3.19. The first-order valence-electron chi connectivity index (χ1n) is 8.66. The Labute approximate surface area is 174 Å². The molecule has 0 spiro atoms. The lowest BCUT2D eigenvalue weighted by Gasteiger charge is -2.27. The van der Waals surface area contributed by atoms with Gasteiger partial charge in [0.1, 0.15) is 11.0 Å². The number of nitrogens with zero attached hydrogens (tertiary/aromatic N) is 4. The molecule has 1 unspecified atom stereocenters. The summed E-state index contributed by atoms with van der Waals surface area (Å²) < 4.78 is 38.4. The summed E-state index contributed by atoms with van der Waals surface area (Å²) in [7, 11) is -5.99. The summed E-state index contributed by atoms with van der Waals surface area (Å²) in [5.41, 5.74) is 7.25. The largest absolute Gasteiger partial charge is 0.397 e. The first-order valence-corrected chi connectivity index (χ1v) is 11.4. The normalized spacial score (nSPS) is 15.3. The standard InChI is InChI=1S/C17H16N8O3S2/c18-6-9-2-1-3-12(15(9)19)11-4-5-13(29(26)10-7-21-8-10)16(30(20,27)28)14(11)17-22-24-25-23-17/h1-5,10,21H,7-8,19H2,(H2,20,27,28)(H,22,23,24,25). The first-order chi connectivity index (χ1) is 14.3. The highest BCUT2D eigenvalue weighted by Crippen LogP contribution is 2.41. The number of rotatable bonds is 5. The molecule has 1 aliphatic rings. The molecule has 6 N–H and O–H groups in total. The first kappa shape index (κ1) is 20.1. The van der Waals surface area contributed by atoms with Gasteiger partial charge in [0.15, 0.2) is 0 Å². The number of sulfonamides is 1. The molecule has 0 radical (unpaired) electrons. The number of para-hydroxylation sites is 1. The molecule has 0 aliphatic carbocycles. The van der Waals surface area contributed by atoms with Gasteiger partial charge < -0.3 is 11.1 Å². The van der Waals surface area contributed by atoms with Gasteiger partial charge >= 0.3 is 0 Å². The molecule has 0 bridgehead atoms. The predicted octanol–water partition coefficient (Wildman–Crippen LogP) is -0.286. The van der Waals surface area contributed by atoms with Crippen molar-refractivity contribution >= 4 is 26.5 Å². The van der Waals surface area contributed by atoms with E-state index in [1.165, 1.54) is 6.07 Å². The fraction of sp³-hybridized carbons (Fsp3) is 0.176. The molecule has 0 saturated carbocycles. The van der Waals surface area contributed by atoms with E-state index in [0.29, 0.717) is 24.2 Å². The molecule has 11 nitrogen and oxygen atoms in total. The number of hydrogen-bond acceptors (Lipinski definition) is 9. The second kappa shape index (κ2) is 7.58. The molecule has 3 aromatic rings. The Hall–Kier alpha value is -3.18. The SMILES string of the molecule is N#Cc1cccc(-c2ccc(S(=O)C3CNC3)c(S(N)(=O)=O)c2-c2nn[nH]n2)c1N. The summed E-state index contributed by atoms with van der Waals surface area (Å²) in [5.74, 6) is -0.0543. The van der Waals surface area contributed by atoms with Gasteiger partial charge in [-0.1, -0.05) is 18.2 Å². The Balaban J connectivity index is 2.09. The number of nitrogens with two attached hydrogens (primary N) is 2. The molecule has 1 atom stereocenters. The third kappa shape index (κ3) is 3.35. The number of H-pyrrole nitrogens is 1. The minimum absolute atomic E-state index is 0.0196. The number of hydrogen-bond donors (Lipinski definition) is 4. The zero-order chi connectivity index (χ0) is 21.5. The molecule has 2 heterocycles. The molecule has 30 heavy (non-hydrogen) atoms. The van der Waals surface area contributed by atoms with E-state index in [1.807, 2.05) is 6.07 Å².